The Morgan fingerprint density at radius 1 is 1.69 bits per heavy atom. The average molecular weight is 240 g/mol. The van der Waals surface area contributed by atoms with Crippen LogP contribution in [0.25, 0.3) is 0 Å². The van der Waals surface area contributed by atoms with E-state index < -0.39 is 0 Å². The minimum atomic E-state index is -0.00798. The monoisotopic (exact) mass is 240 g/mol. The van der Waals surface area contributed by atoms with E-state index in [0.29, 0.717) is 18.2 Å². The quantitative estimate of drug-likeness (QED) is 0.553. The molecule has 16 heavy (non-hydrogen) atoms. The van der Waals surface area contributed by atoms with Gasteiger partial charge in [-0.15, -0.1) is 18.2 Å². The van der Waals surface area contributed by atoms with Crippen LogP contribution in [0.4, 0.5) is 0 Å². The summed E-state index contributed by atoms with van der Waals surface area (Å²) >= 11 is 1.67. The molecule has 3 nitrogen and oxygen atoms in total. The van der Waals surface area contributed by atoms with Crippen LogP contribution in [0.1, 0.15) is 19.8 Å². The van der Waals surface area contributed by atoms with E-state index >= 15 is 0 Å². The SMILES string of the molecule is C#CCSCCNC(=O)C1NCCCC1C. The third kappa shape index (κ3) is 4.46. The molecule has 0 radical (unpaired) electrons. The Hall–Kier alpha value is -0.660. The van der Waals surface area contributed by atoms with E-state index in [9.17, 15) is 4.79 Å². The van der Waals surface area contributed by atoms with Crippen molar-refractivity contribution in [3.8, 4) is 12.3 Å². The fourth-order valence-corrected chi connectivity index (χ4v) is 2.40. The lowest BCUT2D eigenvalue weighted by atomic mass is 9.92. The summed E-state index contributed by atoms with van der Waals surface area (Å²) in [5.41, 5.74) is 0. The van der Waals surface area contributed by atoms with Crippen molar-refractivity contribution in [2.45, 2.75) is 25.8 Å². The number of nitrogens with one attached hydrogen (secondary N) is 2. The first-order valence-corrected chi connectivity index (χ1v) is 6.93. The van der Waals surface area contributed by atoms with Gasteiger partial charge in [0.2, 0.25) is 5.91 Å². The van der Waals surface area contributed by atoms with Crippen LogP contribution in [0.15, 0.2) is 0 Å². The molecule has 0 aromatic heterocycles. The maximum Gasteiger partial charge on any atom is 0.237 e. The number of terminal acetylenes is 1. The Labute approximate surface area is 102 Å². The van der Waals surface area contributed by atoms with Gasteiger partial charge in [0.1, 0.15) is 0 Å². The summed E-state index contributed by atoms with van der Waals surface area (Å²) in [6, 6.07) is -0.00798. The van der Waals surface area contributed by atoms with Gasteiger partial charge in [0.05, 0.1) is 11.8 Å². The number of amides is 1. The molecule has 1 aliphatic heterocycles. The smallest absolute Gasteiger partial charge is 0.237 e. The topological polar surface area (TPSA) is 41.1 Å². The van der Waals surface area contributed by atoms with Gasteiger partial charge < -0.3 is 10.6 Å². The maximum absolute atomic E-state index is 11.8. The van der Waals surface area contributed by atoms with Crippen LogP contribution in [0.5, 0.6) is 0 Å². The van der Waals surface area contributed by atoms with Gasteiger partial charge in [-0.1, -0.05) is 12.8 Å². The largest absolute Gasteiger partial charge is 0.354 e. The van der Waals surface area contributed by atoms with Crippen LogP contribution in [0.2, 0.25) is 0 Å². The Morgan fingerprint density at radius 3 is 3.19 bits per heavy atom. The van der Waals surface area contributed by atoms with Gasteiger partial charge in [0.25, 0.3) is 0 Å². The molecular formula is C12H20N2OS. The Morgan fingerprint density at radius 2 is 2.50 bits per heavy atom. The number of rotatable bonds is 5. The molecular weight excluding hydrogens is 220 g/mol. The molecule has 1 aliphatic rings. The van der Waals surface area contributed by atoms with Crippen molar-refractivity contribution in [1.82, 2.24) is 10.6 Å². The van der Waals surface area contributed by atoms with E-state index in [1.807, 2.05) is 0 Å². The molecule has 1 rings (SSSR count). The molecule has 1 fully saturated rings. The van der Waals surface area contributed by atoms with Crippen LogP contribution >= 0.6 is 11.8 Å². The number of carbonyl (C=O) groups is 1. The number of carbonyl (C=O) groups excluding carboxylic acids is 1. The summed E-state index contributed by atoms with van der Waals surface area (Å²) in [6.07, 6.45) is 7.44. The predicted octanol–water partition coefficient (Wildman–Crippen LogP) is 0.857. The number of hydrogen-bond acceptors (Lipinski definition) is 3. The zero-order valence-corrected chi connectivity index (χ0v) is 10.6. The van der Waals surface area contributed by atoms with E-state index in [4.69, 9.17) is 6.42 Å². The summed E-state index contributed by atoms with van der Waals surface area (Å²) < 4.78 is 0. The van der Waals surface area contributed by atoms with Gasteiger partial charge in [-0.25, -0.2) is 0 Å². The Bertz CT molecular complexity index is 262. The molecule has 0 aromatic rings. The van der Waals surface area contributed by atoms with Crippen molar-refractivity contribution < 1.29 is 4.79 Å². The van der Waals surface area contributed by atoms with E-state index in [1.165, 1.54) is 6.42 Å². The minimum absolute atomic E-state index is 0.00798. The Kier molecular flexibility index (Phi) is 6.36. The van der Waals surface area contributed by atoms with Crippen molar-refractivity contribution in [3.63, 3.8) is 0 Å². The molecule has 0 bridgehead atoms. The molecule has 4 heteroatoms. The zero-order valence-electron chi connectivity index (χ0n) is 9.79. The minimum Gasteiger partial charge on any atom is -0.354 e. The molecule has 0 aliphatic carbocycles. The second-order valence-electron chi connectivity index (χ2n) is 4.10. The second kappa shape index (κ2) is 7.59. The van der Waals surface area contributed by atoms with Gasteiger partial charge in [0.15, 0.2) is 0 Å². The van der Waals surface area contributed by atoms with Crippen LogP contribution in [-0.4, -0.2) is 36.5 Å². The summed E-state index contributed by atoms with van der Waals surface area (Å²) in [5, 5.41) is 6.22. The highest BCUT2D eigenvalue weighted by Gasteiger charge is 2.26. The lowest BCUT2D eigenvalue weighted by Crippen LogP contribution is -2.51. The first kappa shape index (κ1) is 13.4. The second-order valence-corrected chi connectivity index (χ2v) is 5.20. The molecule has 2 unspecified atom stereocenters. The third-order valence-electron chi connectivity index (χ3n) is 2.78. The lowest BCUT2D eigenvalue weighted by Gasteiger charge is -2.28. The first-order valence-electron chi connectivity index (χ1n) is 5.78. The predicted molar refractivity (Wildman–Crippen MR) is 69.4 cm³/mol. The van der Waals surface area contributed by atoms with Crippen molar-refractivity contribution in [3.05, 3.63) is 0 Å². The molecule has 1 saturated heterocycles. The van der Waals surface area contributed by atoms with Crippen LogP contribution in [0.3, 0.4) is 0 Å². The molecule has 0 spiro atoms. The van der Waals surface area contributed by atoms with E-state index in [0.717, 1.165) is 18.7 Å². The normalized spacial score (nSPS) is 24.8. The molecule has 0 aromatic carbocycles. The van der Waals surface area contributed by atoms with E-state index in [1.54, 1.807) is 11.8 Å². The molecule has 0 saturated carbocycles. The van der Waals surface area contributed by atoms with Crippen LogP contribution in [0, 0.1) is 18.3 Å². The van der Waals surface area contributed by atoms with Crippen molar-refractivity contribution in [2.24, 2.45) is 5.92 Å². The highest BCUT2D eigenvalue weighted by molar-refractivity contribution is 7.99. The third-order valence-corrected chi connectivity index (χ3v) is 3.65. The van der Waals surface area contributed by atoms with Crippen molar-refractivity contribution >= 4 is 17.7 Å². The number of hydrogen-bond donors (Lipinski definition) is 2. The highest BCUT2D eigenvalue weighted by atomic mass is 32.2. The molecule has 1 amide bonds. The fourth-order valence-electron chi connectivity index (χ4n) is 1.89. The van der Waals surface area contributed by atoms with Crippen LogP contribution < -0.4 is 10.6 Å². The average Bonchev–Trinajstić information content (AvgIpc) is 2.29. The highest BCUT2D eigenvalue weighted by Crippen LogP contribution is 2.15. The number of piperidine rings is 1. The van der Waals surface area contributed by atoms with E-state index in [2.05, 4.69) is 23.5 Å². The van der Waals surface area contributed by atoms with Gasteiger partial charge >= 0.3 is 0 Å². The van der Waals surface area contributed by atoms with Gasteiger partial charge in [-0.2, -0.15) is 0 Å². The molecule has 90 valence electrons. The molecule has 1 heterocycles. The summed E-state index contributed by atoms with van der Waals surface area (Å²) in [7, 11) is 0. The maximum atomic E-state index is 11.8. The lowest BCUT2D eigenvalue weighted by molar-refractivity contribution is -0.124. The van der Waals surface area contributed by atoms with Crippen molar-refractivity contribution in [1.29, 1.82) is 0 Å². The fraction of sp³-hybridized carbons (Fsp3) is 0.750. The molecule has 2 atom stereocenters. The van der Waals surface area contributed by atoms with Gasteiger partial charge in [0, 0.05) is 12.3 Å². The van der Waals surface area contributed by atoms with E-state index in [-0.39, 0.29) is 11.9 Å². The van der Waals surface area contributed by atoms with Gasteiger partial charge in [-0.05, 0) is 25.3 Å². The summed E-state index contributed by atoms with van der Waals surface area (Å²) in [4.78, 5) is 11.8. The van der Waals surface area contributed by atoms with Crippen LogP contribution in [-0.2, 0) is 4.79 Å². The van der Waals surface area contributed by atoms with Gasteiger partial charge in [-0.3, -0.25) is 4.79 Å². The first-order chi connectivity index (χ1) is 7.75. The summed E-state index contributed by atoms with van der Waals surface area (Å²) in [5.74, 6) is 4.74. The number of thioether (sulfide) groups is 1. The molecule has 2 N–H and O–H groups in total. The van der Waals surface area contributed by atoms with Crippen molar-refractivity contribution in [2.75, 3.05) is 24.6 Å². The standard InChI is InChI=1S/C12H20N2OS/c1-3-8-16-9-7-14-12(15)11-10(2)5-4-6-13-11/h1,10-11,13H,4-9H2,2H3,(H,14,15). The Balaban J connectivity index is 2.16. The zero-order chi connectivity index (χ0) is 11.8. The summed E-state index contributed by atoms with van der Waals surface area (Å²) in [6.45, 7) is 3.79.